The van der Waals surface area contributed by atoms with Crippen LogP contribution in [0, 0.1) is 5.92 Å². The Kier molecular flexibility index (Phi) is 7.89. The number of hydrogen-bond acceptors (Lipinski definition) is 3. The minimum Gasteiger partial charge on any atom is -0.450 e. The minimum atomic E-state index is -0.636. The van der Waals surface area contributed by atoms with Crippen molar-refractivity contribution in [1.29, 1.82) is 0 Å². The van der Waals surface area contributed by atoms with Crippen molar-refractivity contribution in [3.8, 4) is 0 Å². The van der Waals surface area contributed by atoms with E-state index in [-0.39, 0.29) is 24.5 Å². The van der Waals surface area contributed by atoms with Gasteiger partial charge in [0.15, 0.2) is 0 Å². The Morgan fingerprint density at radius 2 is 1.83 bits per heavy atom. The SMILES string of the molecule is CCOC(=O)NC(C(=O)NC(C)Cc1ccccc1Cl)C(C)C. The van der Waals surface area contributed by atoms with E-state index in [1.165, 1.54) is 0 Å². The van der Waals surface area contributed by atoms with Gasteiger partial charge in [0.2, 0.25) is 5.91 Å². The Hall–Kier alpha value is -1.75. The van der Waals surface area contributed by atoms with E-state index in [1.54, 1.807) is 6.92 Å². The third-order valence-electron chi connectivity index (χ3n) is 3.37. The number of hydrogen-bond donors (Lipinski definition) is 2. The van der Waals surface area contributed by atoms with E-state index in [2.05, 4.69) is 10.6 Å². The molecule has 2 atom stereocenters. The highest BCUT2D eigenvalue weighted by atomic mass is 35.5. The summed E-state index contributed by atoms with van der Waals surface area (Å²) in [7, 11) is 0. The summed E-state index contributed by atoms with van der Waals surface area (Å²) in [6, 6.07) is 6.80. The van der Waals surface area contributed by atoms with Gasteiger partial charge in [-0.1, -0.05) is 43.6 Å². The second-order valence-electron chi connectivity index (χ2n) is 5.79. The molecule has 0 aliphatic heterocycles. The number of alkyl carbamates (subject to hydrolysis) is 1. The summed E-state index contributed by atoms with van der Waals surface area (Å²) >= 11 is 6.14. The van der Waals surface area contributed by atoms with Crippen molar-refractivity contribution in [2.45, 2.75) is 46.2 Å². The smallest absolute Gasteiger partial charge is 0.407 e. The summed E-state index contributed by atoms with van der Waals surface area (Å²) in [4.78, 5) is 23.9. The molecule has 1 rings (SSSR count). The van der Waals surface area contributed by atoms with Gasteiger partial charge in [0.25, 0.3) is 0 Å². The van der Waals surface area contributed by atoms with Crippen LogP contribution in [0.1, 0.15) is 33.3 Å². The molecular weight excluding hydrogens is 316 g/mol. The molecule has 0 spiro atoms. The normalized spacial score (nSPS) is 13.3. The van der Waals surface area contributed by atoms with Crippen molar-refractivity contribution in [2.24, 2.45) is 5.92 Å². The number of ether oxygens (including phenoxy) is 1. The lowest BCUT2D eigenvalue weighted by Crippen LogP contribution is -2.52. The number of carbonyl (C=O) groups is 2. The highest BCUT2D eigenvalue weighted by molar-refractivity contribution is 6.31. The van der Waals surface area contributed by atoms with Gasteiger partial charge in [-0.15, -0.1) is 0 Å². The highest BCUT2D eigenvalue weighted by Crippen LogP contribution is 2.16. The summed E-state index contributed by atoms with van der Waals surface area (Å²) in [5.41, 5.74) is 0.974. The molecule has 0 aromatic heterocycles. The van der Waals surface area contributed by atoms with Crippen molar-refractivity contribution in [1.82, 2.24) is 10.6 Å². The molecule has 2 amide bonds. The lowest BCUT2D eigenvalue weighted by atomic mass is 10.0. The fourth-order valence-corrected chi connectivity index (χ4v) is 2.43. The maximum atomic E-state index is 12.4. The molecular formula is C17H25ClN2O3. The molecule has 0 aliphatic carbocycles. The Balaban J connectivity index is 2.63. The second kappa shape index (κ2) is 9.40. The van der Waals surface area contributed by atoms with E-state index in [4.69, 9.17) is 16.3 Å². The third kappa shape index (κ3) is 6.48. The summed E-state index contributed by atoms with van der Waals surface area (Å²) in [5.74, 6) is -0.278. The van der Waals surface area contributed by atoms with E-state index in [0.717, 1.165) is 5.56 Å². The van der Waals surface area contributed by atoms with E-state index in [1.807, 2.05) is 45.0 Å². The largest absolute Gasteiger partial charge is 0.450 e. The fraction of sp³-hybridized carbons (Fsp3) is 0.529. The van der Waals surface area contributed by atoms with E-state index in [0.29, 0.717) is 11.4 Å². The van der Waals surface area contributed by atoms with Crippen LogP contribution < -0.4 is 10.6 Å². The van der Waals surface area contributed by atoms with Gasteiger partial charge in [-0.2, -0.15) is 0 Å². The molecule has 0 heterocycles. The minimum absolute atomic E-state index is 0.0491. The van der Waals surface area contributed by atoms with Crippen molar-refractivity contribution in [3.05, 3.63) is 34.9 Å². The number of nitrogens with one attached hydrogen (secondary N) is 2. The number of benzene rings is 1. The van der Waals surface area contributed by atoms with Gasteiger partial charge in [-0.25, -0.2) is 4.79 Å². The zero-order valence-corrected chi connectivity index (χ0v) is 14.8. The molecule has 0 aliphatic rings. The van der Waals surface area contributed by atoms with Crippen LogP contribution in [0.5, 0.6) is 0 Å². The summed E-state index contributed by atoms with van der Waals surface area (Å²) in [6.07, 6.45) is 0.0374. The number of halogens is 1. The van der Waals surface area contributed by atoms with Gasteiger partial charge in [-0.05, 0) is 37.8 Å². The molecule has 0 fully saturated rings. The monoisotopic (exact) mass is 340 g/mol. The van der Waals surface area contributed by atoms with Gasteiger partial charge < -0.3 is 15.4 Å². The zero-order chi connectivity index (χ0) is 17.4. The van der Waals surface area contributed by atoms with Crippen molar-refractivity contribution in [2.75, 3.05) is 6.61 Å². The zero-order valence-electron chi connectivity index (χ0n) is 14.1. The first kappa shape index (κ1) is 19.3. The Morgan fingerprint density at radius 3 is 2.39 bits per heavy atom. The molecule has 0 saturated carbocycles. The molecule has 0 saturated heterocycles. The van der Waals surface area contributed by atoms with Crippen molar-refractivity contribution < 1.29 is 14.3 Å². The molecule has 1 aromatic rings. The molecule has 0 radical (unpaired) electrons. The van der Waals surface area contributed by atoms with Gasteiger partial charge >= 0.3 is 6.09 Å². The number of rotatable bonds is 7. The van der Waals surface area contributed by atoms with Crippen molar-refractivity contribution in [3.63, 3.8) is 0 Å². The first-order valence-corrected chi connectivity index (χ1v) is 8.20. The van der Waals surface area contributed by atoms with Gasteiger partial charge in [0.05, 0.1) is 6.61 Å². The molecule has 23 heavy (non-hydrogen) atoms. The number of amides is 2. The van der Waals surface area contributed by atoms with E-state index >= 15 is 0 Å². The van der Waals surface area contributed by atoms with Crippen LogP contribution in [-0.2, 0) is 16.0 Å². The first-order chi connectivity index (χ1) is 10.8. The van der Waals surface area contributed by atoms with Crippen LogP contribution in [0.2, 0.25) is 5.02 Å². The first-order valence-electron chi connectivity index (χ1n) is 7.82. The lowest BCUT2D eigenvalue weighted by Gasteiger charge is -2.24. The summed E-state index contributed by atoms with van der Waals surface area (Å²) in [5, 5.41) is 6.19. The predicted molar refractivity (Wildman–Crippen MR) is 91.5 cm³/mol. The summed E-state index contributed by atoms with van der Waals surface area (Å²) < 4.78 is 4.84. The van der Waals surface area contributed by atoms with Crippen LogP contribution in [0.3, 0.4) is 0 Å². The molecule has 5 nitrogen and oxygen atoms in total. The standard InChI is InChI=1S/C17H25ClN2O3/c1-5-23-17(22)20-15(11(2)3)16(21)19-12(4)10-13-8-6-7-9-14(13)18/h6-9,11-12,15H,5,10H2,1-4H3,(H,19,21)(H,20,22). The molecule has 2 unspecified atom stereocenters. The van der Waals surface area contributed by atoms with Crippen LogP contribution in [0.25, 0.3) is 0 Å². The Bertz CT molecular complexity index is 534. The molecule has 0 bridgehead atoms. The molecule has 1 aromatic carbocycles. The fourth-order valence-electron chi connectivity index (χ4n) is 2.21. The average Bonchev–Trinajstić information content (AvgIpc) is 2.47. The molecule has 128 valence electrons. The number of carbonyl (C=O) groups excluding carboxylic acids is 2. The van der Waals surface area contributed by atoms with Crippen LogP contribution >= 0.6 is 11.6 Å². The molecule has 6 heteroatoms. The van der Waals surface area contributed by atoms with E-state index in [9.17, 15) is 9.59 Å². The highest BCUT2D eigenvalue weighted by Gasteiger charge is 2.25. The van der Waals surface area contributed by atoms with Gasteiger partial charge in [-0.3, -0.25) is 4.79 Å². The predicted octanol–water partition coefficient (Wildman–Crippen LogP) is 3.16. The maximum Gasteiger partial charge on any atom is 0.407 e. The third-order valence-corrected chi connectivity index (χ3v) is 3.74. The Labute approximate surface area is 142 Å². The quantitative estimate of drug-likeness (QED) is 0.801. The molecule has 2 N–H and O–H groups in total. The maximum absolute atomic E-state index is 12.4. The lowest BCUT2D eigenvalue weighted by molar-refractivity contribution is -0.124. The second-order valence-corrected chi connectivity index (χ2v) is 6.20. The Morgan fingerprint density at radius 1 is 1.17 bits per heavy atom. The summed E-state index contributed by atoms with van der Waals surface area (Å²) in [6.45, 7) is 7.63. The van der Waals surface area contributed by atoms with Crippen molar-refractivity contribution >= 4 is 23.6 Å². The van der Waals surface area contributed by atoms with Gasteiger partial charge in [0, 0.05) is 11.1 Å². The van der Waals surface area contributed by atoms with Crippen LogP contribution in [0.4, 0.5) is 4.79 Å². The van der Waals surface area contributed by atoms with E-state index < -0.39 is 12.1 Å². The van der Waals surface area contributed by atoms with Crippen LogP contribution in [0.15, 0.2) is 24.3 Å². The van der Waals surface area contributed by atoms with Crippen LogP contribution in [-0.4, -0.2) is 30.7 Å². The average molecular weight is 341 g/mol. The van der Waals surface area contributed by atoms with Gasteiger partial charge in [0.1, 0.15) is 6.04 Å². The topological polar surface area (TPSA) is 67.4 Å².